The molecule has 0 amide bonds. The molecule has 1 atom stereocenters. The van der Waals surface area contributed by atoms with Gasteiger partial charge in [0.2, 0.25) is 0 Å². The van der Waals surface area contributed by atoms with E-state index in [0.717, 1.165) is 20.9 Å². The largest absolute Gasteiger partial charge is 0.573 e. The number of nitrogens with two attached hydrogens (primary N) is 1. The molecule has 0 radical (unpaired) electrons. The Morgan fingerprint density at radius 1 is 1.08 bits per heavy atom. The van der Waals surface area contributed by atoms with Gasteiger partial charge >= 0.3 is 6.36 Å². The maximum absolute atomic E-state index is 12.2. The molecule has 128 valence electrons. The monoisotopic (exact) mass is 420 g/mol. The predicted molar refractivity (Wildman–Crippen MR) is 92.4 cm³/mol. The summed E-state index contributed by atoms with van der Waals surface area (Å²) in [5.74, 6) is -0.268. The van der Waals surface area contributed by atoms with Gasteiger partial charge < -0.3 is 15.5 Å². The fraction of sp³-hybridized carbons (Fsp3) is 0.125. The molecule has 0 aliphatic rings. The average Bonchev–Trinajstić information content (AvgIpc) is 2.88. The van der Waals surface area contributed by atoms with Gasteiger partial charge in [0.25, 0.3) is 0 Å². The molecule has 3 N–H and O–H groups in total. The number of H-pyrrole nitrogens is 1. The Morgan fingerprint density at radius 2 is 1.75 bits per heavy atom. The van der Waals surface area contributed by atoms with Crippen LogP contribution in [0.2, 0.25) is 0 Å². The molecule has 3 nitrogen and oxygen atoms in total. The maximum Gasteiger partial charge on any atom is 0.573 e. The molecule has 3 aromatic rings. The molecule has 1 aromatic heterocycles. The molecule has 3 rings (SSSR count). The minimum atomic E-state index is -4.70. The first-order chi connectivity index (χ1) is 10.8. The number of hydrogen-bond donors (Lipinski definition) is 2. The third kappa shape index (κ3) is 4.03. The predicted octanol–water partition coefficient (Wildman–Crippen LogP) is 5.30. The number of aromatic nitrogens is 1. The summed E-state index contributed by atoms with van der Waals surface area (Å²) < 4.78 is 41.3. The molecule has 0 fully saturated rings. The van der Waals surface area contributed by atoms with E-state index in [9.17, 15) is 13.2 Å². The molecule has 0 unspecified atom stereocenters. The fourth-order valence-electron chi connectivity index (χ4n) is 2.43. The smallest absolute Gasteiger partial charge is 0.406 e. The molecule has 0 saturated carbocycles. The van der Waals surface area contributed by atoms with Crippen LogP contribution in [0.1, 0.15) is 17.2 Å². The quantitative estimate of drug-likeness (QED) is 0.603. The van der Waals surface area contributed by atoms with Crippen molar-refractivity contribution in [2.45, 2.75) is 12.4 Å². The standard InChI is InChI=1S/C16H12BrF3N2O.ClH/c17-10-3-6-14-12(7-10)13(8-22-14)15(21)9-1-4-11(5-2-9)23-16(18,19)20;/h1-8,15,22H,21H2;1H/t15-;/m0./s1. The van der Waals surface area contributed by atoms with E-state index in [1.807, 2.05) is 24.4 Å². The van der Waals surface area contributed by atoms with E-state index in [-0.39, 0.29) is 18.2 Å². The van der Waals surface area contributed by atoms with Crippen LogP contribution in [0.15, 0.2) is 53.1 Å². The number of halogens is 5. The summed E-state index contributed by atoms with van der Waals surface area (Å²) >= 11 is 3.42. The highest BCUT2D eigenvalue weighted by Crippen LogP contribution is 2.31. The van der Waals surface area contributed by atoms with Gasteiger partial charge in [0.15, 0.2) is 0 Å². The van der Waals surface area contributed by atoms with Gasteiger partial charge in [0, 0.05) is 21.6 Å². The number of aromatic amines is 1. The molecule has 1 heterocycles. The second kappa shape index (κ2) is 7.04. The van der Waals surface area contributed by atoms with Gasteiger partial charge in [-0.2, -0.15) is 0 Å². The van der Waals surface area contributed by atoms with Crippen LogP contribution in [0.4, 0.5) is 13.2 Å². The molecular formula is C16H13BrClF3N2O. The minimum absolute atomic E-state index is 0. The molecule has 0 spiro atoms. The van der Waals surface area contributed by atoms with Crippen molar-refractivity contribution < 1.29 is 17.9 Å². The lowest BCUT2D eigenvalue weighted by molar-refractivity contribution is -0.274. The van der Waals surface area contributed by atoms with Crippen LogP contribution in [-0.4, -0.2) is 11.3 Å². The topological polar surface area (TPSA) is 51.0 Å². The van der Waals surface area contributed by atoms with Gasteiger partial charge in [-0.3, -0.25) is 0 Å². The van der Waals surface area contributed by atoms with Crippen LogP contribution in [-0.2, 0) is 0 Å². The SMILES string of the molecule is Cl.N[C@@H](c1ccc(OC(F)(F)F)cc1)c1c[nH]c2ccc(Br)cc12. The zero-order valence-corrected chi connectivity index (χ0v) is 14.5. The van der Waals surface area contributed by atoms with Crippen molar-refractivity contribution in [1.82, 2.24) is 4.98 Å². The highest BCUT2D eigenvalue weighted by atomic mass is 79.9. The van der Waals surface area contributed by atoms with Gasteiger partial charge in [-0.1, -0.05) is 28.1 Å². The summed E-state index contributed by atoms with van der Waals surface area (Å²) in [5.41, 5.74) is 8.76. The number of fused-ring (bicyclic) bond motifs is 1. The second-order valence-corrected chi connectivity index (χ2v) is 5.94. The molecule has 24 heavy (non-hydrogen) atoms. The third-order valence-corrected chi connectivity index (χ3v) is 3.98. The van der Waals surface area contributed by atoms with Crippen molar-refractivity contribution in [1.29, 1.82) is 0 Å². The second-order valence-electron chi connectivity index (χ2n) is 5.03. The van der Waals surface area contributed by atoms with Crippen LogP contribution in [0.25, 0.3) is 10.9 Å². The number of alkyl halides is 3. The Kier molecular flexibility index (Phi) is 5.47. The van der Waals surface area contributed by atoms with E-state index in [1.54, 1.807) is 0 Å². The Bertz CT molecular complexity index is 833. The van der Waals surface area contributed by atoms with Gasteiger partial charge in [-0.15, -0.1) is 25.6 Å². The summed E-state index contributed by atoms with van der Waals surface area (Å²) in [7, 11) is 0. The Hall–Kier alpha value is -1.70. The van der Waals surface area contributed by atoms with Crippen molar-refractivity contribution in [3.05, 3.63) is 64.3 Å². The van der Waals surface area contributed by atoms with Gasteiger partial charge in [-0.05, 0) is 41.5 Å². The van der Waals surface area contributed by atoms with Crippen LogP contribution in [0, 0.1) is 0 Å². The first kappa shape index (κ1) is 18.6. The Morgan fingerprint density at radius 3 is 2.38 bits per heavy atom. The number of rotatable bonds is 3. The lowest BCUT2D eigenvalue weighted by Crippen LogP contribution is -2.17. The van der Waals surface area contributed by atoms with E-state index in [1.165, 1.54) is 24.3 Å². The van der Waals surface area contributed by atoms with Crippen LogP contribution < -0.4 is 10.5 Å². The Balaban J connectivity index is 0.00000208. The van der Waals surface area contributed by atoms with Crippen molar-refractivity contribution >= 4 is 39.2 Å². The minimum Gasteiger partial charge on any atom is -0.406 e. The summed E-state index contributed by atoms with van der Waals surface area (Å²) in [6.45, 7) is 0. The molecule has 8 heteroatoms. The first-order valence-corrected chi connectivity index (χ1v) is 7.50. The highest BCUT2D eigenvalue weighted by molar-refractivity contribution is 9.10. The van der Waals surface area contributed by atoms with E-state index >= 15 is 0 Å². The lowest BCUT2D eigenvalue weighted by atomic mass is 9.99. The fourth-order valence-corrected chi connectivity index (χ4v) is 2.79. The maximum atomic E-state index is 12.2. The van der Waals surface area contributed by atoms with Gasteiger partial charge in [0.05, 0.1) is 6.04 Å². The summed E-state index contributed by atoms with van der Waals surface area (Å²) in [5, 5.41) is 0.961. The number of benzene rings is 2. The van der Waals surface area contributed by atoms with Crippen molar-refractivity contribution in [2.75, 3.05) is 0 Å². The normalized spacial score (nSPS) is 12.7. The van der Waals surface area contributed by atoms with Crippen LogP contribution in [0.5, 0.6) is 5.75 Å². The summed E-state index contributed by atoms with van der Waals surface area (Å²) in [4.78, 5) is 3.13. The van der Waals surface area contributed by atoms with E-state index in [4.69, 9.17) is 5.73 Å². The average molecular weight is 422 g/mol. The third-order valence-electron chi connectivity index (χ3n) is 3.48. The van der Waals surface area contributed by atoms with Crippen molar-refractivity contribution in [2.24, 2.45) is 5.73 Å². The van der Waals surface area contributed by atoms with E-state index < -0.39 is 12.4 Å². The Labute approximate surface area is 150 Å². The lowest BCUT2D eigenvalue weighted by Gasteiger charge is -2.13. The first-order valence-electron chi connectivity index (χ1n) is 6.71. The summed E-state index contributed by atoms with van der Waals surface area (Å²) in [6.07, 6.45) is -2.89. The molecule has 0 bridgehead atoms. The molecule has 0 saturated heterocycles. The molecule has 2 aromatic carbocycles. The molecular weight excluding hydrogens is 409 g/mol. The number of ether oxygens (including phenoxy) is 1. The molecule has 0 aliphatic carbocycles. The van der Waals surface area contributed by atoms with Gasteiger partial charge in [-0.25, -0.2) is 0 Å². The number of nitrogens with one attached hydrogen (secondary N) is 1. The molecule has 0 aliphatic heterocycles. The van der Waals surface area contributed by atoms with Gasteiger partial charge in [0.1, 0.15) is 5.75 Å². The van der Waals surface area contributed by atoms with E-state index in [0.29, 0.717) is 5.56 Å². The number of hydrogen-bond acceptors (Lipinski definition) is 2. The highest BCUT2D eigenvalue weighted by Gasteiger charge is 2.31. The van der Waals surface area contributed by atoms with Crippen LogP contribution >= 0.6 is 28.3 Å². The zero-order chi connectivity index (χ0) is 16.6. The van der Waals surface area contributed by atoms with Crippen LogP contribution in [0.3, 0.4) is 0 Å². The zero-order valence-electron chi connectivity index (χ0n) is 12.1. The summed E-state index contributed by atoms with van der Waals surface area (Å²) in [6, 6.07) is 10.9. The van der Waals surface area contributed by atoms with E-state index in [2.05, 4.69) is 25.7 Å². The van der Waals surface area contributed by atoms with Crippen molar-refractivity contribution in [3.63, 3.8) is 0 Å². The van der Waals surface area contributed by atoms with Crippen molar-refractivity contribution in [3.8, 4) is 5.75 Å².